The SMILES string of the molecule is C[NH2+]C(C)(C)C(C)C.[Cl-]. The summed E-state index contributed by atoms with van der Waals surface area (Å²) in [7, 11) is 2.12. The molecule has 0 aliphatic carbocycles. The summed E-state index contributed by atoms with van der Waals surface area (Å²) in [5.74, 6) is 0.757. The number of hydrogen-bond acceptors (Lipinski definition) is 0. The van der Waals surface area contributed by atoms with E-state index in [1.54, 1.807) is 0 Å². The van der Waals surface area contributed by atoms with Crippen LogP contribution < -0.4 is 17.7 Å². The van der Waals surface area contributed by atoms with E-state index in [2.05, 4.69) is 40.1 Å². The minimum Gasteiger partial charge on any atom is -1.00 e. The maximum absolute atomic E-state index is 2.26. The Balaban J connectivity index is 0. The number of quaternary nitrogens is 1. The van der Waals surface area contributed by atoms with Crippen LogP contribution in [-0.2, 0) is 0 Å². The average Bonchev–Trinajstić information content (AvgIpc) is 1.67. The van der Waals surface area contributed by atoms with E-state index in [0.717, 1.165) is 5.92 Å². The van der Waals surface area contributed by atoms with Gasteiger partial charge in [-0.2, -0.15) is 0 Å². The number of halogens is 1. The molecule has 0 saturated heterocycles. The van der Waals surface area contributed by atoms with Crippen molar-refractivity contribution in [1.29, 1.82) is 0 Å². The van der Waals surface area contributed by atoms with Crippen molar-refractivity contribution in [1.82, 2.24) is 0 Å². The third kappa shape index (κ3) is 3.77. The van der Waals surface area contributed by atoms with E-state index >= 15 is 0 Å². The first-order valence-corrected chi connectivity index (χ1v) is 3.31. The molecule has 0 aromatic carbocycles. The molecule has 0 atom stereocenters. The molecule has 0 heterocycles. The Kier molecular flexibility index (Phi) is 5.49. The maximum Gasteiger partial charge on any atom is 0.0925 e. The standard InChI is InChI=1S/C7H17N.ClH/c1-6(2)7(3,4)8-5;/h6,8H,1-5H3;1H. The molecule has 0 unspecified atom stereocenters. The molecular formula is C7H18ClN. The van der Waals surface area contributed by atoms with Gasteiger partial charge in [0.25, 0.3) is 0 Å². The Bertz CT molecular complexity index is 69.3. The first kappa shape index (κ1) is 12.0. The largest absolute Gasteiger partial charge is 1.00 e. The zero-order chi connectivity index (χ0) is 6.78. The molecule has 0 aromatic heterocycles. The molecule has 1 nitrogen and oxygen atoms in total. The minimum absolute atomic E-state index is 0. The van der Waals surface area contributed by atoms with Crippen LogP contribution in [0.1, 0.15) is 27.7 Å². The van der Waals surface area contributed by atoms with Gasteiger partial charge in [-0.05, 0) is 13.8 Å². The predicted octanol–water partition coefficient (Wildman–Crippen LogP) is -2.38. The van der Waals surface area contributed by atoms with Gasteiger partial charge < -0.3 is 17.7 Å². The third-order valence-electron chi connectivity index (χ3n) is 2.23. The van der Waals surface area contributed by atoms with Gasteiger partial charge in [-0.25, -0.2) is 0 Å². The summed E-state index contributed by atoms with van der Waals surface area (Å²) < 4.78 is 0. The summed E-state index contributed by atoms with van der Waals surface area (Å²) in [5.41, 5.74) is 0.417. The van der Waals surface area contributed by atoms with Crippen LogP contribution in [0.4, 0.5) is 0 Å². The van der Waals surface area contributed by atoms with Gasteiger partial charge in [0.15, 0.2) is 0 Å². The van der Waals surface area contributed by atoms with Crippen molar-refractivity contribution in [3.05, 3.63) is 0 Å². The Morgan fingerprint density at radius 1 is 1.22 bits per heavy atom. The summed E-state index contributed by atoms with van der Waals surface area (Å²) in [6, 6.07) is 0. The molecule has 0 saturated carbocycles. The van der Waals surface area contributed by atoms with E-state index in [4.69, 9.17) is 0 Å². The van der Waals surface area contributed by atoms with E-state index in [0.29, 0.717) is 5.54 Å². The van der Waals surface area contributed by atoms with Gasteiger partial charge >= 0.3 is 0 Å². The predicted molar refractivity (Wildman–Crippen MR) is 36.8 cm³/mol. The molecule has 0 amide bonds. The van der Waals surface area contributed by atoms with Crippen LogP contribution in [0.5, 0.6) is 0 Å². The number of rotatable bonds is 2. The van der Waals surface area contributed by atoms with E-state index < -0.39 is 0 Å². The zero-order valence-electron chi connectivity index (χ0n) is 7.03. The normalized spacial score (nSPS) is 11.3. The van der Waals surface area contributed by atoms with Crippen LogP contribution in [0.3, 0.4) is 0 Å². The summed E-state index contributed by atoms with van der Waals surface area (Å²) in [4.78, 5) is 0. The van der Waals surface area contributed by atoms with E-state index in [9.17, 15) is 0 Å². The van der Waals surface area contributed by atoms with Crippen molar-refractivity contribution in [2.45, 2.75) is 33.2 Å². The zero-order valence-corrected chi connectivity index (χ0v) is 7.79. The Hall–Kier alpha value is 0.250. The number of hydrogen-bond donors (Lipinski definition) is 1. The first-order valence-electron chi connectivity index (χ1n) is 3.31. The maximum atomic E-state index is 2.26. The molecule has 0 fully saturated rings. The molecule has 0 aliphatic heterocycles. The fourth-order valence-corrected chi connectivity index (χ4v) is 0.333. The van der Waals surface area contributed by atoms with Gasteiger partial charge in [-0.1, -0.05) is 13.8 Å². The topological polar surface area (TPSA) is 16.6 Å². The van der Waals surface area contributed by atoms with Crippen LogP contribution in [0.25, 0.3) is 0 Å². The van der Waals surface area contributed by atoms with Crippen molar-refractivity contribution in [2.75, 3.05) is 7.05 Å². The molecule has 0 rings (SSSR count). The van der Waals surface area contributed by atoms with E-state index in [1.165, 1.54) is 0 Å². The highest BCUT2D eigenvalue weighted by Gasteiger charge is 2.22. The van der Waals surface area contributed by atoms with Crippen LogP contribution in [0.2, 0.25) is 0 Å². The summed E-state index contributed by atoms with van der Waals surface area (Å²) in [6.45, 7) is 9.02. The van der Waals surface area contributed by atoms with Gasteiger partial charge in [-0.15, -0.1) is 0 Å². The summed E-state index contributed by atoms with van der Waals surface area (Å²) in [5, 5.41) is 2.26. The fourth-order valence-electron chi connectivity index (χ4n) is 0.333. The van der Waals surface area contributed by atoms with Crippen LogP contribution >= 0.6 is 0 Å². The first-order chi connectivity index (χ1) is 3.50. The molecule has 0 radical (unpaired) electrons. The lowest BCUT2D eigenvalue weighted by Crippen LogP contribution is -3.00. The second-order valence-corrected chi connectivity index (χ2v) is 3.26. The van der Waals surface area contributed by atoms with Crippen molar-refractivity contribution in [2.24, 2.45) is 5.92 Å². The van der Waals surface area contributed by atoms with Crippen molar-refractivity contribution >= 4 is 0 Å². The second kappa shape index (κ2) is 4.13. The lowest BCUT2D eigenvalue weighted by molar-refractivity contribution is -0.703. The highest BCUT2D eigenvalue weighted by Crippen LogP contribution is 2.08. The fraction of sp³-hybridized carbons (Fsp3) is 1.00. The molecule has 0 aromatic rings. The molecule has 0 bridgehead atoms. The quantitative estimate of drug-likeness (QED) is 0.454. The van der Waals surface area contributed by atoms with Crippen LogP contribution in [-0.4, -0.2) is 12.6 Å². The van der Waals surface area contributed by atoms with Crippen molar-refractivity contribution in [3.63, 3.8) is 0 Å². The molecule has 58 valence electrons. The summed E-state index contributed by atoms with van der Waals surface area (Å²) >= 11 is 0. The molecule has 2 N–H and O–H groups in total. The van der Waals surface area contributed by atoms with Gasteiger partial charge in [0.05, 0.1) is 12.6 Å². The molecule has 9 heavy (non-hydrogen) atoms. The number of nitrogens with two attached hydrogens (primary N) is 1. The van der Waals surface area contributed by atoms with E-state index in [-0.39, 0.29) is 12.4 Å². The smallest absolute Gasteiger partial charge is 0.0925 e. The lowest BCUT2D eigenvalue weighted by atomic mass is 9.91. The lowest BCUT2D eigenvalue weighted by Gasteiger charge is -2.24. The van der Waals surface area contributed by atoms with Gasteiger partial charge in [0, 0.05) is 5.92 Å². The second-order valence-electron chi connectivity index (χ2n) is 3.26. The van der Waals surface area contributed by atoms with Crippen molar-refractivity contribution in [3.8, 4) is 0 Å². The van der Waals surface area contributed by atoms with Crippen LogP contribution in [0, 0.1) is 5.92 Å². The van der Waals surface area contributed by atoms with Crippen molar-refractivity contribution < 1.29 is 17.7 Å². The molecule has 2 heteroatoms. The highest BCUT2D eigenvalue weighted by molar-refractivity contribution is 4.67. The average molecular weight is 152 g/mol. The Morgan fingerprint density at radius 3 is 1.56 bits per heavy atom. The van der Waals surface area contributed by atoms with Gasteiger partial charge in [-0.3, -0.25) is 0 Å². The Morgan fingerprint density at radius 2 is 1.56 bits per heavy atom. The van der Waals surface area contributed by atoms with E-state index in [1.807, 2.05) is 0 Å². The van der Waals surface area contributed by atoms with Gasteiger partial charge in [0.1, 0.15) is 0 Å². The third-order valence-corrected chi connectivity index (χ3v) is 2.23. The Labute approximate surface area is 64.6 Å². The summed E-state index contributed by atoms with van der Waals surface area (Å²) in [6.07, 6.45) is 0. The van der Waals surface area contributed by atoms with Crippen LogP contribution in [0.15, 0.2) is 0 Å². The molecular weight excluding hydrogens is 134 g/mol. The molecule has 0 spiro atoms. The molecule has 0 aliphatic rings. The monoisotopic (exact) mass is 151 g/mol. The van der Waals surface area contributed by atoms with Gasteiger partial charge in [0.2, 0.25) is 0 Å². The highest BCUT2D eigenvalue weighted by atomic mass is 35.5. The minimum atomic E-state index is 0.